The second-order valence-corrected chi connectivity index (χ2v) is 13.2. The molecule has 4 aliphatic rings. The van der Waals surface area contributed by atoms with Gasteiger partial charge in [-0.1, -0.05) is 35.4 Å². The number of benzene rings is 1. The molecule has 2 N–H and O–H groups in total. The summed E-state index contributed by atoms with van der Waals surface area (Å²) in [6.45, 7) is 5.50. The molecule has 11 nitrogen and oxygen atoms in total. The summed E-state index contributed by atoms with van der Waals surface area (Å²) in [5, 5.41) is 14.1. The smallest absolute Gasteiger partial charge is 0.409 e. The van der Waals surface area contributed by atoms with Gasteiger partial charge >= 0.3 is 12.1 Å². The van der Waals surface area contributed by atoms with Crippen molar-refractivity contribution < 1.29 is 43.2 Å². The van der Waals surface area contributed by atoms with E-state index in [1.807, 2.05) is 31.2 Å². The van der Waals surface area contributed by atoms with Gasteiger partial charge in [0, 0.05) is 32.9 Å². The summed E-state index contributed by atoms with van der Waals surface area (Å²) in [4.78, 5) is 40.6. The number of allylic oxidation sites excluding steroid dienone is 3. The van der Waals surface area contributed by atoms with E-state index in [-0.39, 0.29) is 43.2 Å². The van der Waals surface area contributed by atoms with Crippen molar-refractivity contribution in [3.05, 3.63) is 46.5 Å². The highest BCUT2D eigenvalue weighted by atomic mass is 35.5. The molecule has 1 aromatic rings. The predicted octanol–water partition coefficient (Wildman–Crippen LogP) is 4.52. The Morgan fingerprint density at radius 2 is 2.00 bits per heavy atom. The van der Waals surface area contributed by atoms with E-state index in [9.17, 15) is 19.5 Å². The molecule has 0 saturated carbocycles. The number of halogens is 1. The number of nitrogens with one attached hydrogen (secondary N) is 1. The Bertz CT molecular complexity index is 1350. The SMILES string of the molecule is COc1cc2cc(c1Cl)N(C)C(=O)C[C@H](OC(=O)COCCCS)[C@@]1(C)CC(C)(O1)[C@@H]1C[C@](O)(C/C=C/C=C(\C)C2)NC(=O)O1. The van der Waals surface area contributed by atoms with Crippen molar-refractivity contribution >= 4 is 47.9 Å². The number of esters is 1. The van der Waals surface area contributed by atoms with Crippen LogP contribution in [0.3, 0.4) is 0 Å². The monoisotopic (exact) mass is 666 g/mol. The molecular formula is C32H43ClN2O9S. The number of ether oxygens (including phenoxy) is 5. The van der Waals surface area contributed by atoms with Gasteiger partial charge in [-0.15, -0.1) is 0 Å². The van der Waals surface area contributed by atoms with E-state index in [0.29, 0.717) is 36.6 Å². The summed E-state index contributed by atoms with van der Waals surface area (Å²) in [5.74, 6) is -0.00118. The van der Waals surface area contributed by atoms with Crippen molar-refractivity contribution in [2.75, 3.05) is 38.0 Å². The van der Waals surface area contributed by atoms with Gasteiger partial charge in [-0.05, 0) is 57.1 Å². The van der Waals surface area contributed by atoms with Crippen molar-refractivity contribution in [3.8, 4) is 5.75 Å². The minimum Gasteiger partial charge on any atom is -0.495 e. The second kappa shape index (κ2) is 14.3. The standard InChI is InChI=1S/C32H43ClN2O9S/c1-20-9-6-7-10-32(39)17-25(43-29(38)34-32)31(3)19-30(2,44-31)24(42-27(37)18-41-11-8-12-45)16-26(36)35(4)22-14-21(13-20)15-23(40-5)28(22)33/h6-7,9,14-15,24-25,39,45H,8,10-13,16-19H2,1-5H3,(H,34,38)/b7-6+,20-9+/t24-,25-,30+,31?,32+/m0/s1. The van der Waals surface area contributed by atoms with Gasteiger partial charge in [0.25, 0.3) is 0 Å². The topological polar surface area (TPSA) is 133 Å². The normalized spacial score (nSPS) is 32.4. The zero-order valence-corrected chi connectivity index (χ0v) is 28.0. The van der Waals surface area contributed by atoms with E-state index in [0.717, 1.165) is 11.1 Å². The Morgan fingerprint density at radius 3 is 2.69 bits per heavy atom. The third-order valence-electron chi connectivity index (χ3n) is 8.43. The molecule has 0 spiro atoms. The van der Waals surface area contributed by atoms with Crippen LogP contribution in [0.4, 0.5) is 10.5 Å². The summed E-state index contributed by atoms with van der Waals surface area (Å²) in [7, 11) is 3.11. The Kier molecular flexibility index (Phi) is 11.2. The van der Waals surface area contributed by atoms with Gasteiger partial charge in [0.15, 0.2) is 0 Å². The number of rotatable bonds is 7. The number of anilines is 1. The van der Waals surface area contributed by atoms with Crippen molar-refractivity contribution in [2.24, 2.45) is 0 Å². The first-order valence-electron chi connectivity index (χ1n) is 15.0. The Labute approximate surface area is 274 Å². The number of hydrogen-bond acceptors (Lipinski definition) is 10. The summed E-state index contributed by atoms with van der Waals surface area (Å²) in [6, 6.07) is 3.64. The Hall–Kier alpha value is -2.77. The van der Waals surface area contributed by atoms with Crippen LogP contribution in [0.25, 0.3) is 0 Å². The molecule has 0 aromatic heterocycles. The lowest BCUT2D eigenvalue weighted by molar-refractivity contribution is -0.326. The number of carbonyl (C=O) groups is 3. The number of fused-ring (bicyclic) bond motifs is 6. The number of aliphatic hydroxyl groups is 1. The number of amides is 2. The van der Waals surface area contributed by atoms with Crippen LogP contribution in [0.5, 0.6) is 5.75 Å². The molecule has 248 valence electrons. The summed E-state index contributed by atoms with van der Waals surface area (Å²) < 4.78 is 28.8. The molecule has 2 amide bonds. The molecule has 4 aliphatic heterocycles. The summed E-state index contributed by atoms with van der Waals surface area (Å²) in [5.41, 5.74) is -1.40. The second-order valence-electron chi connectivity index (χ2n) is 12.4. The predicted molar refractivity (Wildman–Crippen MR) is 172 cm³/mol. The van der Waals surface area contributed by atoms with Gasteiger partial charge in [-0.3, -0.25) is 10.1 Å². The maximum Gasteiger partial charge on any atom is 0.409 e. The fraction of sp³-hybridized carbons (Fsp3) is 0.594. The number of alkyl carbamates (subject to hydrolysis) is 1. The number of nitrogens with zero attached hydrogens (tertiary/aromatic N) is 1. The molecule has 0 radical (unpaired) electrons. The first kappa shape index (κ1) is 35.1. The van der Waals surface area contributed by atoms with E-state index in [1.165, 1.54) is 12.0 Å². The third-order valence-corrected chi connectivity index (χ3v) is 9.12. The average Bonchev–Trinajstić information content (AvgIpc) is 2.96. The molecule has 6 bridgehead atoms. The highest BCUT2D eigenvalue weighted by Gasteiger charge is 2.62. The lowest BCUT2D eigenvalue weighted by Crippen LogP contribution is -2.71. The summed E-state index contributed by atoms with van der Waals surface area (Å²) in [6.07, 6.45) is 4.37. The molecule has 5 rings (SSSR count). The maximum absolute atomic E-state index is 13.8. The van der Waals surface area contributed by atoms with Gasteiger partial charge < -0.3 is 33.7 Å². The first-order valence-corrected chi connectivity index (χ1v) is 16.0. The Balaban J connectivity index is 1.70. The van der Waals surface area contributed by atoms with Crippen LogP contribution < -0.4 is 15.0 Å². The van der Waals surface area contributed by atoms with Crippen LogP contribution >= 0.6 is 24.2 Å². The van der Waals surface area contributed by atoms with Gasteiger partial charge in [0.1, 0.15) is 46.5 Å². The van der Waals surface area contributed by atoms with Crippen LogP contribution in [0.2, 0.25) is 5.02 Å². The van der Waals surface area contributed by atoms with Crippen molar-refractivity contribution in [1.29, 1.82) is 0 Å². The summed E-state index contributed by atoms with van der Waals surface area (Å²) >= 11 is 10.8. The molecule has 13 heteroatoms. The van der Waals surface area contributed by atoms with Gasteiger partial charge in [0.05, 0.1) is 19.2 Å². The Morgan fingerprint density at radius 1 is 1.27 bits per heavy atom. The lowest BCUT2D eigenvalue weighted by Gasteiger charge is -2.59. The maximum atomic E-state index is 13.8. The molecule has 5 atom stereocenters. The van der Waals surface area contributed by atoms with Crippen LogP contribution in [-0.2, 0) is 35.0 Å². The largest absolute Gasteiger partial charge is 0.495 e. The van der Waals surface area contributed by atoms with E-state index >= 15 is 0 Å². The number of methoxy groups -OCH3 is 1. The minimum atomic E-state index is -1.56. The van der Waals surface area contributed by atoms with Crippen LogP contribution in [0.15, 0.2) is 35.9 Å². The highest BCUT2D eigenvalue weighted by molar-refractivity contribution is 7.80. The fourth-order valence-corrected chi connectivity index (χ4v) is 6.58. The molecule has 4 heterocycles. The zero-order valence-electron chi connectivity index (χ0n) is 26.4. The molecule has 2 saturated heterocycles. The van der Waals surface area contributed by atoms with Crippen LogP contribution in [0.1, 0.15) is 58.4 Å². The molecular weight excluding hydrogens is 624 g/mol. The van der Waals surface area contributed by atoms with Gasteiger partial charge in [0.2, 0.25) is 5.91 Å². The van der Waals surface area contributed by atoms with Gasteiger partial charge in [-0.2, -0.15) is 12.6 Å². The van der Waals surface area contributed by atoms with E-state index in [1.54, 1.807) is 27.0 Å². The minimum absolute atomic E-state index is 0.0631. The van der Waals surface area contributed by atoms with Crippen LogP contribution in [0, 0.1) is 0 Å². The fourth-order valence-electron chi connectivity index (χ4n) is 6.14. The van der Waals surface area contributed by atoms with Crippen LogP contribution in [-0.4, -0.2) is 85.3 Å². The van der Waals surface area contributed by atoms with E-state index < -0.39 is 41.2 Å². The molecule has 1 aromatic carbocycles. The third kappa shape index (κ3) is 8.34. The van der Waals surface area contributed by atoms with E-state index in [4.69, 9.17) is 35.3 Å². The number of carbonyl (C=O) groups excluding carboxylic acids is 3. The lowest BCUT2D eigenvalue weighted by atomic mass is 9.72. The first-order chi connectivity index (χ1) is 21.2. The number of hydrogen-bond donors (Lipinski definition) is 3. The van der Waals surface area contributed by atoms with Crippen molar-refractivity contribution in [1.82, 2.24) is 5.32 Å². The van der Waals surface area contributed by atoms with Crippen molar-refractivity contribution in [3.63, 3.8) is 0 Å². The molecule has 45 heavy (non-hydrogen) atoms. The quantitative estimate of drug-likeness (QED) is 0.218. The highest BCUT2D eigenvalue weighted by Crippen LogP contribution is 2.50. The molecule has 1 unspecified atom stereocenters. The van der Waals surface area contributed by atoms with Crippen molar-refractivity contribution in [2.45, 2.75) is 88.4 Å². The zero-order chi connectivity index (χ0) is 33.0. The molecule has 2 fully saturated rings. The van der Waals surface area contributed by atoms with E-state index in [2.05, 4.69) is 17.9 Å². The van der Waals surface area contributed by atoms with Gasteiger partial charge in [-0.25, -0.2) is 9.59 Å². The average molecular weight is 667 g/mol. The number of thiol groups is 1. The molecule has 0 aliphatic carbocycles.